The second-order valence-corrected chi connectivity index (χ2v) is 5.79. The lowest BCUT2D eigenvalue weighted by molar-refractivity contribution is -0.167. The molecular weight excluding hydrogens is 306 g/mol. The van der Waals surface area contributed by atoms with E-state index in [1.165, 1.54) is 0 Å². The van der Waals surface area contributed by atoms with Gasteiger partial charge in [0, 0.05) is 12.0 Å². The monoisotopic (exact) mass is 325 g/mol. The summed E-state index contributed by atoms with van der Waals surface area (Å²) in [4.78, 5) is 24.8. The highest BCUT2D eigenvalue weighted by Gasteiger charge is 2.52. The third-order valence-corrected chi connectivity index (χ3v) is 4.24. The molecule has 3 rings (SSSR count). The Hall–Kier alpha value is -2.66. The van der Waals surface area contributed by atoms with Crippen LogP contribution >= 0.6 is 0 Å². The molecule has 124 valence electrons. The predicted octanol–water partition coefficient (Wildman–Crippen LogP) is 2.01. The number of rotatable bonds is 4. The molecule has 2 aromatic rings. The Morgan fingerprint density at radius 3 is 2.54 bits per heavy atom. The maximum Gasteiger partial charge on any atom is 0.341 e. The molecule has 0 fully saturated rings. The van der Waals surface area contributed by atoms with Crippen molar-refractivity contribution < 1.29 is 19.4 Å². The van der Waals surface area contributed by atoms with Crippen molar-refractivity contribution in [3.05, 3.63) is 71.3 Å². The zero-order valence-electron chi connectivity index (χ0n) is 13.4. The van der Waals surface area contributed by atoms with Gasteiger partial charge in [-0.25, -0.2) is 4.79 Å². The number of carbonyl (C=O) groups is 2. The highest BCUT2D eigenvalue weighted by Crippen LogP contribution is 2.40. The zero-order chi connectivity index (χ0) is 17.2. The molecule has 5 nitrogen and oxygen atoms in total. The van der Waals surface area contributed by atoms with Crippen LogP contribution in [-0.4, -0.2) is 29.2 Å². The minimum absolute atomic E-state index is 0.113. The highest BCUT2D eigenvalue weighted by atomic mass is 16.5. The summed E-state index contributed by atoms with van der Waals surface area (Å²) < 4.78 is 5.04. The number of benzene rings is 2. The van der Waals surface area contributed by atoms with Gasteiger partial charge in [0.25, 0.3) is 5.91 Å². The van der Waals surface area contributed by atoms with Crippen LogP contribution in [0.25, 0.3) is 0 Å². The van der Waals surface area contributed by atoms with Gasteiger partial charge in [-0.15, -0.1) is 0 Å². The number of amides is 1. The summed E-state index contributed by atoms with van der Waals surface area (Å²) in [7, 11) is 0. The SMILES string of the molecule is CCOC(=O)[C@@]1(O)Cc2ccccc2[C@@H]1NC(=O)c1ccccc1. The molecule has 2 aromatic carbocycles. The lowest BCUT2D eigenvalue weighted by Crippen LogP contribution is -2.50. The highest BCUT2D eigenvalue weighted by molar-refractivity contribution is 5.95. The third-order valence-electron chi connectivity index (χ3n) is 4.24. The van der Waals surface area contributed by atoms with Crippen molar-refractivity contribution in [2.75, 3.05) is 6.61 Å². The van der Waals surface area contributed by atoms with Crippen molar-refractivity contribution in [2.45, 2.75) is 25.0 Å². The van der Waals surface area contributed by atoms with E-state index in [0.717, 1.165) is 11.1 Å². The van der Waals surface area contributed by atoms with Crippen LogP contribution in [0.2, 0.25) is 0 Å². The molecule has 0 saturated carbocycles. The van der Waals surface area contributed by atoms with Crippen LogP contribution in [0.4, 0.5) is 0 Å². The second-order valence-electron chi connectivity index (χ2n) is 5.79. The smallest absolute Gasteiger partial charge is 0.341 e. The molecule has 0 spiro atoms. The van der Waals surface area contributed by atoms with Gasteiger partial charge in [0.15, 0.2) is 5.60 Å². The molecule has 1 amide bonds. The van der Waals surface area contributed by atoms with Crippen molar-refractivity contribution >= 4 is 11.9 Å². The molecule has 0 radical (unpaired) electrons. The van der Waals surface area contributed by atoms with Gasteiger partial charge in [-0.1, -0.05) is 42.5 Å². The van der Waals surface area contributed by atoms with Crippen molar-refractivity contribution in [1.29, 1.82) is 0 Å². The van der Waals surface area contributed by atoms with E-state index in [0.29, 0.717) is 5.56 Å². The predicted molar refractivity (Wildman–Crippen MR) is 88.4 cm³/mol. The van der Waals surface area contributed by atoms with E-state index in [-0.39, 0.29) is 18.9 Å². The fourth-order valence-electron chi connectivity index (χ4n) is 3.07. The lowest BCUT2D eigenvalue weighted by Gasteiger charge is -2.29. The molecule has 0 aliphatic heterocycles. The van der Waals surface area contributed by atoms with Gasteiger partial charge in [0.05, 0.1) is 12.6 Å². The van der Waals surface area contributed by atoms with Gasteiger partial charge in [-0.2, -0.15) is 0 Å². The van der Waals surface area contributed by atoms with Crippen LogP contribution in [0.3, 0.4) is 0 Å². The lowest BCUT2D eigenvalue weighted by atomic mass is 9.94. The van der Waals surface area contributed by atoms with Gasteiger partial charge < -0.3 is 15.2 Å². The Labute approximate surface area is 140 Å². The van der Waals surface area contributed by atoms with Crippen LogP contribution in [0, 0.1) is 0 Å². The number of hydrogen-bond donors (Lipinski definition) is 2. The third kappa shape index (κ3) is 2.78. The number of ether oxygens (including phenoxy) is 1. The molecular formula is C19H19NO4. The van der Waals surface area contributed by atoms with E-state index in [2.05, 4.69) is 5.32 Å². The van der Waals surface area contributed by atoms with E-state index in [1.807, 2.05) is 30.3 Å². The molecule has 5 heteroatoms. The van der Waals surface area contributed by atoms with E-state index < -0.39 is 17.6 Å². The molecule has 2 atom stereocenters. The number of esters is 1. The Morgan fingerprint density at radius 2 is 1.83 bits per heavy atom. The van der Waals surface area contributed by atoms with Crippen LogP contribution in [0.1, 0.15) is 34.5 Å². The average Bonchev–Trinajstić information content (AvgIpc) is 2.89. The van der Waals surface area contributed by atoms with Gasteiger partial charge in [-0.3, -0.25) is 4.79 Å². The van der Waals surface area contributed by atoms with Gasteiger partial charge in [-0.05, 0) is 30.2 Å². The van der Waals surface area contributed by atoms with Crippen molar-refractivity contribution in [2.24, 2.45) is 0 Å². The summed E-state index contributed by atoms with van der Waals surface area (Å²) in [5.41, 5.74) is 0.223. The molecule has 2 N–H and O–H groups in total. The summed E-state index contributed by atoms with van der Waals surface area (Å²) in [5, 5.41) is 13.8. The minimum atomic E-state index is -1.80. The summed E-state index contributed by atoms with van der Waals surface area (Å²) in [5.74, 6) is -1.07. The molecule has 1 aliphatic rings. The minimum Gasteiger partial charge on any atom is -0.464 e. The first-order valence-corrected chi connectivity index (χ1v) is 7.89. The van der Waals surface area contributed by atoms with Gasteiger partial charge >= 0.3 is 5.97 Å². The Kier molecular flexibility index (Phi) is 4.36. The summed E-state index contributed by atoms with van der Waals surface area (Å²) in [6.07, 6.45) is 0.113. The average molecular weight is 325 g/mol. The van der Waals surface area contributed by atoms with Crippen molar-refractivity contribution in [3.63, 3.8) is 0 Å². The maximum absolute atomic E-state index is 12.5. The molecule has 0 unspecified atom stereocenters. The van der Waals surface area contributed by atoms with Gasteiger partial charge in [0.1, 0.15) is 0 Å². The van der Waals surface area contributed by atoms with E-state index in [4.69, 9.17) is 4.74 Å². The number of nitrogens with one attached hydrogen (secondary N) is 1. The molecule has 24 heavy (non-hydrogen) atoms. The standard InChI is InChI=1S/C19H19NO4/c1-2-24-18(22)19(23)12-14-10-6-7-11-15(14)16(19)20-17(21)13-8-4-3-5-9-13/h3-11,16,23H,2,12H2,1H3,(H,20,21)/t16-,19+/m0/s1. The fraction of sp³-hybridized carbons (Fsp3) is 0.263. The molecule has 0 bridgehead atoms. The first-order valence-electron chi connectivity index (χ1n) is 7.89. The summed E-state index contributed by atoms with van der Waals surface area (Å²) in [6.45, 7) is 1.84. The number of hydrogen-bond acceptors (Lipinski definition) is 4. The van der Waals surface area contributed by atoms with E-state index >= 15 is 0 Å². The van der Waals surface area contributed by atoms with Crippen molar-refractivity contribution in [3.8, 4) is 0 Å². The van der Waals surface area contributed by atoms with Crippen LogP contribution in [0.15, 0.2) is 54.6 Å². The maximum atomic E-state index is 12.5. The molecule has 0 heterocycles. The van der Waals surface area contributed by atoms with Crippen LogP contribution in [0.5, 0.6) is 0 Å². The quantitative estimate of drug-likeness (QED) is 0.843. The number of fused-ring (bicyclic) bond motifs is 1. The first-order chi connectivity index (χ1) is 11.6. The van der Waals surface area contributed by atoms with E-state index in [9.17, 15) is 14.7 Å². The zero-order valence-corrected chi connectivity index (χ0v) is 13.4. The molecule has 1 aliphatic carbocycles. The largest absolute Gasteiger partial charge is 0.464 e. The van der Waals surface area contributed by atoms with Crippen LogP contribution < -0.4 is 5.32 Å². The number of aliphatic hydroxyl groups is 1. The van der Waals surface area contributed by atoms with E-state index in [1.54, 1.807) is 31.2 Å². The second kappa shape index (κ2) is 6.45. The fourth-order valence-corrected chi connectivity index (χ4v) is 3.07. The topological polar surface area (TPSA) is 75.6 Å². The Balaban J connectivity index is 1.94. The summed E-state index contributed by atoms with van der Waals surface area (Å²) >= 11 is 0. The van der Waals surface area contributed by atoms with Crippen molar-refractivity contribution in [1.82, 2.24) is 5.32 Å². The Bertz CT molecular complexity index is 759. The normalized spacial score (nSPS) is 21.8. The molecule has 0 aromatic heterocycles. The van der Waals surface area contributed by atoms with Gasteiger partial charge in [0.2, 0.25) is 0 Å². The molecule has 0 saturated heterocycles. The Morgan fingerprint density at radius 1 is 1.17 bits per heavy atom. The summed E-state index contributed by atoms with van der Waals surface area (Å²) in [6, 6.07) is 15.2. The first kappa shape index (κ1) is 16.2. The van der Waals surface area contributed by atoms with Crippen LogP contribution in [-0.2, 0) is 16.0 Å². The number of carbonyl (C=O) groups excluding carboxylic acids is 2.